The first-order valence-corrected chi connectivity index (χ1v) is 4.72. The first-order chi connectivity index (χ1) is 5.38. The summed E-state index contributed by atoms with van der Waals surface area (Å²) in [6, 6.07) is 4.01. The van der Waals surface area contributed by atoms with Crippen molar-refractivity contribution in [2.24, 2.45) is 0 Å². The van der Waals surface area contributed by atoms with E-state index >= 15 is 0 Å². The molecule has 0 spiro atoms. The molecule has 0 saturated carbocycles. The summed E-state index contributed by atoms with van der Waals surface area (Å²) in [5, 5.41) is 0.378. The number of hydrogen-bond acceptors (Lipinski definition) is 2. The lowest BCUT2D eigenvalue weighted by Crippen LogP contribution is -1.88. The van der Waals surface area contributed by atoms with Crippen molar-refractivity contribution >= 4 is 11.8 Å². The fourth-order valence-electron chi connectivity index (χ4n) is 0.913. The summed E-state index contributed by atoms with van der Waals surface area (Å²) in [6.07, 6.45) is 7.66. The Kier molecular flexibility index (Phi) is 3.17. The first-order valence-electron chi connectivity index (χ1n) is 3.43. The molecule has 0 N–H and O–H groups in total. The van der Waals surface area contributed by atoms with E-state index in [0.29, 0.717) is 5.25 Å². The minimum absolute atomic E-state index is 0.378. The van der Waals surface area contributed by atoms with Crippen molar-refractivity contribution in [3.8, 4) is 0 Å². The summed E-state index contributed by atoms with van der Waals surface area (Å²) in [5.41, 5.74) is 1.22. The van der Waals surface area contributed by atoms with Gasteiger partial charge in [-0.05, 0) is 17.9 Å². The van der Waals surface area contributed by atoms with E-state index in [1.165, 1.54) is 5.56 Å². The predicted octanol–water partition coefficient (Wildman–Crippen LogP) is 2.67. The van der Waals surface area contributed by atoms with Gasteiger partial charge in [0.1, 0.15) is 0 Å². The van der Waals surface area contributed by atoms with Crippen LogP contribution in [0.4, 0.5) is 0 Å². The van der Waals surface area contributed by atoms with Gasteiger partial charge in [-0.1, -0.05) is 12.1 Å². The summed E-state index contributed by atoms with van der Waals surface area (Å²) in [6.45, 7) is 3.76. The van der Waals surface area contributed by atoms with Gasteiger partial charge in [0, 0.05) is 17.6 Å². The highest BCUT2D eigenvalue weighted by molar-refractivity contribution is 7.99. The van der Waals surface area contributed by atoms with Gasteiger partial charge in [-0.15, -0.1) is 6.58 Å². The maximum absolute atomic E-state index is 4.04. The normalized spacial score (nSPS) is 12.5. The second-order valence-electron chi connectivity index (χ2n) is 2.18. The lowest BCUT2D eigenvalue weighted by atomic mass is 10.2. The highest BCUT2D eigenvalue weighted by Gasteiger charge is 2.03. The zero-order valence-corrected chi connectivity index (χ0v) is 7.34. The Morgan fingerprint density at radius 3 is 3.00 bits per heavy atom. The van der Waals surface area contributed by atoms with E-state index in [1.54, 1.807) is 18.0 Å². The standard InChI is InChI=1S/C9H11NS/c1-3-9(11-2)8-5-4-6-10-7-8/h3-7,9H,1H2,2H3. The van der Waals surface area contributed by atoms with Crippen molar-refractivity contribution in [2.45, 2.75) is 5.25 Å². The molecular weight excluding hydrogens is 154 g/mol. The van der Waals surface area contributed by atoms with Gasteiger partial charge in [0.05, 0.1) is 0 Å². The quantitative estimate of drug-likeness (QED) is 0.639. The fraction of sp³-hybridized carbons (Fsp3) is 0.222. The maximum atomic E-state index is 4.04. The molecule has 1 heterocycles. The second-order valence-corrected chi connectivity index (χ2v) is 3.16. The second kappa shape index (κ2) is 4.19. The molecule has 11 heavy (non-hydrogen) atoms. The molecule has 0 aromatic carbocycles. The lowest BCUT2D eigenvalue weighted by molar-refractivity contribution is 1.17. The Morgan fingerprint density at radius 2 is 2.55 bits per heavy atom. The van der Waals surface area contributed by atoms with Gasteiger partial charge >= 0.3 is 0 Å². The average molecular weight is 165 g/mol. The molecule has 0 fully saturated rings. The van der Waals surface area contributed by atoms with E-state index in [1.807, 2.05) is 18.3 Å². The molecule has 1 rings (SSSR count). The van der Waals surface area contributed by atoms with E-state index in [0.717, 1.165) is 0 Å². The molecule has 1 aromatic heterocycles. The molecular formula is C9H11NS. The smallest absolute Gasteiger partial charge is 0.0487 e. The van der Waals surface area contributed by atoms with Crippen molar-refractivity contribution in [1.29, 1.82) is 0 Å². The molecule has 0 saturated heterocycles. The zero-order chi connectivity index (χ0) is 8.10. The van der Waals surface area contributed by atoms with Gasteiger partial charge in [-0.2, -0.15) is 11.8 Å². The molecule has 0 radical (unpaired) electrons. The molecule has 0 aliphatic carbocycles. The molecule has 1 unspecified atom stereocenters. The third-order valence-electron chi connectivity index (χ3n) is 1.48. The van der Waals surface area contributed by atoms with Gasteiger partial charge in [-0.3, -0.25) is 4.98 Å². The number of thioether (sulfide) groups is 1. The Bertz CT molecular complexity index is 220. The minimum atomic E-state index is 0.378. The number of nitrogens with zero attached hydrogens (tertiary/aromatic N) is 1. The predicted molar refractivity (Wildman–Crippen MR) is 50.7 cm³/mol. The molecule has 0 aliphatic rings. The summed E-state index contributed by atoms with van der Waals surface area (Å²) in [4.78, 5) is 4.04. The van der Waals surface area contributed by atoms with Gasteiger partial charge in [0.2, 0.25) is 0 Å². The van der Waals surface area contributed by atoms with Crippen LogP contribution >= 0.6 is 11.8 Å². The van der Waals surface area contributed by atoms with Crippen molar-refractivity contribution in [2.75, 3.05) is 6.26 Å². The van der Waals surface area contributed by atoms with Gasteiger partial charge in [-0.25, -0.2) is 0 Å². The van der Waals surface area contributed by atoms with Crippen LogP contribution in [0, 0.1) is 0 Å². The van der Waals surface area contributed by atoms with Crippen LogP contribution in [0.15, 0.2) is 37.2 Å². The third-order valence-corrected chi connectivity index (χ3v) is 2.45. The van der Waals surface area contributed by atoms with Crippen LogP contribution in [0.1, 0.15) is 10.8 Å². The van der Waals surface area contributed by atoms with E-state index in [-0.39, 0.29) is 0 Å². The van der Waals surface area contributed by atoms with Crippen LogP contribution in [-0.2, 0) is 0 Å². The molecule has 0 aliphatic heterocycles. The average Bonchev–Trinajstić information content (AvgIpc) is 2.09. The summed E-state index contributed by atoms with van der Waals surface area (Å²) >= 11 is 1.76. The number of pyridine rings is 1. The van der Waals surface area contributed by atoms with Crippen LogP contribution in [0.25, 0.3) is 0 Å². The molecule has 2 heteroatoms. The SMILES string of the molecule is C=CC(SC)c1cccnc1. The lowest BCUT2D eigenvalue weighted by Gasteiger charge is -2.07. The van der Waals surface area contributed by atoms with Crippen molar-refractivity contribution in [3.05, 3.63) is 42.7 Å². The van der Waals surface area contributed by atoms with E-state index in [9.17, 15) is 0 Å². The molecule has 0 bridgehead atoms. The van der Waals surface area contributed by atoms with Gasteiger partial charge in [0.25, 0.3) is 0 Å². The maximum Gasteiger partial charge on any atom is 0.0487 e. The van der Waals surface area contributed by atoms with Crippen molar-refractivity contribution in [1.82, 2.24) is 4.98 Å². The summed E-state index contributed by atoms with van der Waals surface area (Å²) < 4.78 is 0. The molecule has 58 valence electrons. The Labute approximate surface area is 71.5 Å². The monoisotopic (exact) mass is 165 g/mol. The number of rotatable bonds is 3. The van der Waals surface area contributed by atoms with Crippen LogP contribution in [0.2, 0.25) is 0 Å². The number of aromatic nitrogens is 1. The van der Waals surface area contributed by atoms with Crippen LogP contribution in [0.3, 0.4) is 0 Å². The van der Waals surface area contributed by atoms with E-state index in [4.69, 9.17) is 0 Å². The largest absolute Gasteiger partial charge is 0.264 e. The molecule has 1 atom stereocenters. The van der Waals surface area contributed by atoms with E-state index < -0.39 is 0 Å². The molecule has 1 aromatic rings. The Hall–Kier alpha value is -0.760. The van der Waals surface area contributed by atoms with Crippen molar-refractivity contribution in [3.63, 3.8) is 0 Å². The van der Waals surface area contributed by atoms with Crippen LogP contribution in [0.5, 0.6) is 0 Å². The summed E-state index contributed by atoms with van der Waals surface area (Å²) in [7, 11) is 0. The number of hydrogen-bond donors (Lipinski definition) is 0. The molecule has 0 amide bonds. The van der Waals surface area contributed by atoms with Crippen LogP contribution < -0.4 is 0 Å². The highest BCUT2D eigenvalue weighted by Crippen LogP contribution is 2.25. The van der Waals surface area contributed by atoms with Crippen molar-refractivity contribution < 1.29 is 0 Å². The fourth-order valence-corrected chi connectivity index (χ4v) is 1.52. The van der Waals surface area contributed by atoms with Gasteiger partial charge < -0.3 is 0 Å². The molecule has 1 nitrogen and oxygen atoms in total. The van der Waals surface area contributed by atoms with E-state index in [2.05, 4.69) is 23.9 Å². The van der Waals surface area contributed by atoms with Gasteiger partial charge in [0.15, 0.2) is 0 Å². The zero-order valence-electron chi connectivity index (χ0n) is 6.53. The van der Waals surface area contributed by atoms with Crippen LogP contribution in [-0.4, -0.2) is 11.2 Å². The third kappa shape index (κ3) is 2.09. The summed E-state index contributed by atoms with van der Waals surface area (Å²) in [5.74, 6) is 0. The minimum Gasteiger partial charge on any atom is -0.264 e. The Balaban J connectivity index is 2.82. The topological polar surface area (TPSA) is 12.9 Å². The Morgan fingerprint density at radius 1 is 1.73 bits per heavy atom. The first kappa shape index (κ1) is 8.34. The highest BCUT2D eigenvalue weighted by atomic mass is 32.2.